The zero-order valence-electron chi connectivity index (χ0n) is 26.1. The maximum absolute atomic E-state index is 13.4. The van der Waals surface area contributed by atoms with Gasteiger partial charge in [-0.15, -0.1) is 16.9 Å². The van der Waals surface area contributed by atoms with Crippen LogP contribution >= 0.6 is 31.1 Å². The van der Waals surface area contributed by atoms with Crippen molar-refractivity contribution in [1.82, 2.24) is 30.4 Å². The molecule has 2 aliphatic rings. The van der Waals surface area contributed by atoms with E-state index in [9.17, 15) is 40.5 Å². The molecule has 0 saturated carbocycles. The second kappa shape index (κ2) is 14.1. The van der Waals surface area contributed by atoms with Crippen LogP contribution in [-0.2, 0) is 48.9 Å². The molecule has 1 unspecified atom stereocenters. The number of halogens is 3. The van der Waals surface area contributed by atoms with Crippen molar-refractivity contribution < 1.29 is 54.3 Å². The van der Waals surface area contributed by atoms with Crippen molar-refractivity contribution in [2.24, 2.45) is 0 Å². The Hall–Kier alpha value is -2.19. The number of carbonyl (C=O) groups excluding carboxylic acids is 3. The van der Waals surface area contributed by atoms with E-state index in [0.717, 1.165) is 28.4 Å². The minimum atomic E-state index is -5.03. The molecule has 0 radical (unpaired) electrons. The first-order valence-electron chi connectivity index (χ1n) is 13.7. The van der Waals surface area contributed by atoms with Crippen molar-refractivity contribution in [2.45, 2.75) is 88.7 Å². The molecule has 46 heavy (non-hydrogen) atoms. The number of nitrogens with one attached hydrogen (secondary N) is 1. The zero-order chi connectivity index (χ0) is 34.9. The average Bonchev–Trinajstić information content (AvgIpc) is 3.27. The number of fused-ring (bicyclic) bond motifs is 1. The van der Waals surface area contributed by atoms with Gasteiger partial charge < -0.3 is 19.1 Å². The van der Waals surface area contributed by atoms with E-state index >= 15 is 0 Å². The van der Waals surface area contributed by atoms with Crippen LogP contribution in [0.15, 0.2) is 16.4 Å². The molecule has 15 nitrogen and oxygen atoms in total. The number of aromatic nitrogens is 4. The second-order valence-electron chi connectivity index (χ2n) is 12.2. The van der Waals surface area contributed by atoms with Gasteiger partial charge in [0, 0.05) is 11.5 Å². The molecule has 1 aromatic heterocycles. The molecule has 3 rings (SSSR count). The van der Waals surface area contributed by atoms with Crippen LogP contribution < -0.4 is 5.32 Å². The number of tetrazole rings is 1. The lowest BCUT2D eigenvalue weighted by molar-refractivity contribution is -0.158. The van der Waals surface area contributed by atoms with E-state index in [4.69, 9.17) is 13.8 Å². The van der Waals surface area contributed by atoms with Crippen molar-refractivity contribution in [3.63, 3.8) is 0 Å². The normalized spacial score (nSPS) is 20.6. The van der Waals surface area contributed by atoms with E-state index in [-0.39, 0.29) is 35.3 Å². The smallest absolute Gasteiger partial charge is 0.402 e. The van der Waals surface area contributed by atoms with Crippen molar-refractivity contribution in [3.05, 3.63) is 11.3 Å². The number of hydrogen-bond donors (Lipinski definition) is 1. The van der Waals surface area contributed by atoms with Gasteiger partial charge in [-0.25, -0.2) is 17.9 Å². The maximum Gasteiger partial charge on any atom is 0.402 e. The predicted molar refractivity (Wildman–Crippen MR) is 161 cm³/mol. The van der Waals surface area contributed by atoms with Gasteiger partial charge in [-0.2, -0.15) is 13.2 Å². The summed E-state index contributed by atoms with van der Waals surface area (Å²) in [5, 5.41) is 13.0. The van der Waals surface area contributed by atoms with E-state index in [0.29, 0.717) is 5.57 Å². The summed E-state index contributed by atoms with van der Waals surface area (Å²) in [6.07, 6.45) is -5.33. The van der Waals surface area contributed by atoms with Gasteiger partial charge in [0.15, 0.2) is 9.84 Å². The summed E-state index contributed by atoms with van der Waals surface area (Å²) in [5.74, 6) is -6.30. The molecule has 1 N–H and O–H groups in total. The monoisotopic (exact) mass is 736 g/mol. The third kappa shape index (κ3) is 10.7. The average molecular weight is 737 g/mol. The first kappa shape index (κ1) is 38.3. The van der Waals surface area contributed by atoms with Gasteiger partial charge in [0.25, 0.3) is 5.91 Å². The topological polar surface area (TPSA) is 189 Å². The SMILES string of the molecule is CCOP(=O)(Cn1nnnc1SCC1=C(C(=O)OC(C)(C)C)N2C(=O)[C@@H](NC(=O)CS(=O)(=O)CC(F)(F)F)[C@H]2SC1)OC(C)(C)C. The standard InChI is InChI=1S/C24H36F3N6O9PS3/c1-8-40-43(37,42-23(5,6)7)13-32-21(29-30-31-32)45-10-14-9-44-19-16(28-15(34)11-46(38,39)12-24(25,26)27)18(35)33(19)17(14)20(36)41-22(2,3)4/h16,19H,8-13H2,1-7H3,(H,28,34)/t16-,19-,43?/m1/s1. The molecule has 0 bridgehead atoms. The highest BCUT2D eigenvalue weighted by Crippen LogP contribution is 2.53. The molecule has 22 heteroatoms. The number of nitrogens with zero attached hydrogens (tertiary/aromatic N) is 5. The summed E-state index contributed by atoms with van der Waals surface area (Å²) >= 11 is 2.22. The second-order valence-corrected chi connectivity index (χ2v) is 18.2. The van der Waals surface area contributed by atoms with Crippen LogP contribution in [0.4, 0.5) is 13.2 Å². The fraction of sp³-hybridized carbons (Fsp3) is 0.750. The van der Waals surface area contributed by atoms with Gasteiger partial charge in [0.05, 0.1) is 12.2 Å². The van der Waals surface area contributed by atoms with Crippen LogP contribution in [0.25, 0.3) is 0 Å². The molecule has 1 saturated heterocycles. The third-order valence-corrected chi connectivity index (χ3v) is 11.6. The zero-order valence-corrected chi connectivity index (χ0v) is 29.5. The van der Waals surface area contributed by atoms with Crippen LogP contribution in [-0.4, -0.2) is 110 Å². The Kier molecular flexibility index (Phi) is 11.7. The highest BCUT2D eigenvalue weighted by Gasteiger charge is 2.55. The third-order valence-electron chi connectivity index (χ3n) is 5.61. The minimum absolute atomic E-state index is 0.0736. The van der Waals surface area contributed by atoms with Crippen molar-refractivity contribution in [2.75, 3.05) is 29.6 Å². The number of hydrogen-bond acceptors (Lipinski definition) is 14. The van der Waals surface area contributed by atoms with Gasteiger partial charge >= 0.3 is 19.7 Å². The first-order chi connectivity index (χ1) is 20.9. The molecule has 1 fully saturated rings. The van der Waals surface area contributed by atoms with E-state index in [1.165, 1.54) is 4.68 Å². The highest BCUT2D eigenvalue weighted by atomic mass is 32.2. The van der Waals surface area contributed by atoms with Crippen molar-refractivity contribution in [1.29, 1.82) is 0 Å². The molecule has 0 aromatic carbocycles. The Balaban J connectivity index is 1.82. The fourth-order valence-corrected chi connectivity index (χ4v) is 9.72. The summed E-state index contributed by atoms with van der Waals surface area (Å²) < 4.78 is 92.6. The van der Waals surface area contributed by atoms with Gasteiger partial charge in [-0.1, -0.05) is 11.8 Å². The number of alkyl halides is 3. The van der Waals surface area contributed by atoms with E-state index in [2.05, 4.69) is 20.8 Å². The van der Waals surface area contributed by atoms with Crippen LogP contribution in [0.5, 0.6) is 0 Å². The number of sulfone groups is 1. The number of esters is 1. The lowest BCUT2D eigenvalue weighted by Gasteiger charge is -2.50. The highest BCUT2D eigenvalue weighted by molar-refractivity contribution is 8.01. The number of carbonyl (C=O) groups is 3. The lowest BCUT2D eigenvalue weighted by atomic mass is 10.0. The molecule has 3 heterocycles. The van der Waals surface area contributed by atoms with Crippen molar-refractivity contribution >= 4 is 58.7 Å². The Morgan fingerprint density at radius 2 is 1.80 bits per heavy atom. The quantitative estimate of drug-likeness (QED) is 0.135. The van der Waals surface area contributed by atoms with Gasteiger partial charge in [-0.3, -0.25) is 19.1 Å². The van der Waals surface area contributed by atoms with E-state index in [1.807, 2.05) is 0 Å². The molecular weight excluding hydrogens is 700 g/mol. The molecule has 2 aliphatic heterocycles. The van der Waals surface area contributed by atoms with Crippen LogP contribution in [0.2, 0.25) is 0 Å². The maximum atomic E-state index is 13.4. The molecule has 260 valence electrons. The number of β-lactam (4-membered cyclic amide) rings is 1. The molecule has 2 amide bonds. The summed E-state index contributed by atoms with van der Waals surface area (Å²) in [4.78, 5) is 40.0. The molecule has 1 aromatic rings. The Morgan fingerprint density at radius 1 is 1.15 bits per heavy atom. The summed E-state index contributed by atoms with van der Waals surface area (Å²) in [6, 6.07) is -1.28. The largest absolute Gasteiger partial charge is 0.455 e. The number of ether oxygens (including phenoxy) is 1. The number of thioether (sulfide) groups is 2. The first-order valence-corrected chi connectivity index (χ1v) is 19.3. The fourth-order valence-electron chi connectivity index (χ4n) is 4.24. The van der Waals surface area contributed by atoms with Crippen molar-refractivity contribution in [3.8, 4) is 0 Å². The molecule has 0 aliphatic carbocycles. The number of rotatable bonds is 13. The molecular formula is C24H36F3N6O9PS3. The summed E-state index contributed by atoms with van der Waals surface area (Å²) in [6.45, 7) is 11.8. The Labute approximate surface area is 272 Å². The Morgan fingerprint density at radius 3 is 2.37 bits per heavy atom. The van der Waals surface area contributed by atoms with Gasteiger partial charge in [0.2, 0.25) is 11.1 Å². The summed E-state index contributed by atoms with van der Waals surface area (Å²) in [5.41, 5.74) is -1.40. The summed E-state index contributed by atoms with van der Waals surface area (Å²) in [7, 11) is -8.52. The lowest BCUT2D eigenvalue weighted by Crippen LogP contribution is -2.71. The van der Waals surface area contributed by atoms with E-state index < -0.39 is 75.5 Å². The predicted octanol–water partition coefficient (Wildman–Crippen LogP) is 2.74. The van der Waals surface area contributed by atoms with Gasteiger partial charge in [-0.05, 0) is 64.5 Å². The van der Waals surface area contributed by atoms with Crippen LogP contribution in [0, 0.1) is 0 Å². The van der Waals surface area contributed by atoms with Crippen LogP contribution in [0.3, 0.4) is 0 Å². The minimum Gasteiger partial charge on any atom is -0.455 e. The van der Waals surface area contributed by atoms with Crippen LogP contribution in [0.1, 0.15) is 48.5 Å². The molecule has 0 spiro atoms. The number of amides is 2. The Bertz CT molecular complexity index is 1520. The van der Waals surface area contributed by atoms with Gasteiger partial charge in [0.1, 0.15) is 40.5 Å². The molecule has 3 atom stereocenters. The van der Waals surface area contributed by atoms with E-state index in [1.54, 1.807) is 48.5 Å².